The molecule has 27 heavy (non-hydrogen) atoms. The molecule has 10 nitrogen and oxygen atoms in total. The number of nitro groups is 1. The summed E-state index contributed by atoms with van der Waals surface area (Å²) in [5.74, 6) is -1.36. The third kappa shape index (κ3) is 4.26. The van der Waals surface area contributed by atoms with Crippen LogP contribution in [0.2, 0.25) is 5.02 Å². The van der Waals surface area contributed by atoms with Gasteiger partial charge < -0.3 is 10.1 Å². The van der Waals surface area contributed by atoms with E-state index in [1.807, 2.05) is 0 Å². The van der Waals surface area contributed by atoms with Crippen molar-refractivity contribution in [1.29, 1.82) is 0 Å². The Morgan fingerprint density at radius 2 is 2.19 bits per heavy atom. The fourth-order valence-corrected chi connectivity index (χ4v) is 2.53. The predicted molar refractivity (Wildman–Crippen MR) is 92.8 cm³/mol. The third-order valence-electron chi connectivity index (χ3n) is 3.60. The Hall–Kier alpha value is -3.34. The lowest BCUT2D eigenvalue weighted by Crippen LogP contribution is -2.21. The summed E-state index contributed by atoms with van der Waals surface area (Å²) in [6.45, 7) is 1.50. The number of carbonyl (C=O) groups excluding carboxylic acids is 1. The van der Waals surface area contributed by atoms with Crippen LogP contribution in [0.25, 0.3) is 0 Å². The fourth-order valence-electron chi connectivity index (χ4n) is 2.33. The average Bonchev–Trinajstić information content (AvgIpc) is 3.14. The number of hydrogen-bond acceptors (Lipinski definition) is 6. The molecule has 3 aromatic rings. The Bertz CT molecular complexity index is 1020. The van der Waals surface area contributed by atoms with E-state index in [0.717, 1.165) is 4.68 Å². The Kier molecular flexibility index (Phi) is 5.12. The highest BCUT2D eigenvalue weighted by atomic mass is 35.5. The second-order valence-corrected chi connectivity index (χ2v) is 5.96. The maximum absolute atomic E-state index is 13.2. The molecule has 0 saturated heterocycles. The number of benzene rings is 1. The first-order valence-corrected chi connectivity index (χ1v) is 8.02. The maximum atomic E-state index is 13.2. The summed E-state index contributed by atoms with van der Waals surface area (Å²) < 4.78 is 15.8. The molecule has 0 fully saturated rings. The van der Waals surface area contributed by atoms with Gasteiger partial charge in [-0.05, 0) is 29.5 Å². The molecule has 1 amide bonds. The first-order chi connectivity index (χ1) is 12.8. The van der Waals surface area contributed by atoms with E-state index in [-0.39, 0.29) is 29.9 Å². The smallest absolute Gasteiger partial charge is 0.358 e. The molecule has 0 aliphatic carbocycles. The van der Waals surface area contributed by atoms with Gasteiger partial charge in [-0.25, -0.2) is 14.1 Å². The van der Waals surface area contributed by atoms with E-state index in [0.29, 0.717) is 11.3 Å². The van der Waals surface area contributed by atoms with E-state index in [1.165, 1.54) is 30.1 Å². The molecule has 0 saturated carbocycles. The molecule has 0 bridgehead atoms. The average molecular weight is 394 g/mol. The second kappa shape index (κ2) is 7.50. The van der Waals surface area contributed by atoms with Gasteiger partial charge in [0.25, 0.3) is 5.91 Å². The second-order valence-electron chi connectivity index (χ2n) is 5.58. The molecule has 140 valence electrons. The van der Waals surface area contributed by atoms with E-state index >= 15 is 0 Å². The molecule has 2 heterocycles. The topological polar surface area (TPSA) is 121 Å². The Labute approximate surface area is 156 Å². The van der Waals surface area contributed by atoms with Gasteiger partial charge in [-0.3, -0.25) is 10.1 Å². The number of amides is 1. The van der Waals surface area contributed by atoms with Crippen molar-refractivity contribution < 1.29 is 14.1 Å². The summed E-state index contributed by atoms with van der Waals surface area (Å²) in [5.41, 5.74) is 0.981. The van der Waals surface area contributed by atoms with Crippen LogP contribution in [0.3, 0.4) is 0 Å². The highest BCUT2D eigenvalue weighted by molar-refractivity contribution is 6.33. The minimum atomic E-state index is -0.723. The quantitative estimate of drug-likeness (QED) is 0.506. The molecule has 2 aromatic heterocycles. The number of rotatable bonds is 6. The molecule has 0 spiro atoms. The fraction of sp³-hybridized carbons (Fsp3) is 0.200. The summed E-state index contributed by atoms with van der Waals surface area (Å²) >= 11 is 5.83. The zero-order valence-corrected chi connectivity index (χ0v) is 14.7. The molecule has 0 atom stereocenters. The standard InChI is InChI=1S/C15H13ClFN7O3/c1-9-13(16)14(24(26)27)20-23(9)7-12(25)19-15-18-8-22(21-15)6-10-3-2-4-11(17)5-10/h2-5,8H,6-7H2,1H3,(H,19,21,25). The maximum Gasteiger partial charge on any atom is 0.408 e. The van der Waals surface area contributed by atoms with E-state index in [1.54, 1.807) is 12.1 Å². The number of nitrogens with zero attached hydrogens (tertiary/aromatic N) is 6. The number of halogens is 2. The first kappa shape index (κ1) is 18.5. The lowest BCUT2D eigenvalue weighted by atomic mass is 10.2. The molecule has 1 N–H and O–H groups in total. The van der Waals surface area contributed by atoms with Gasteiger partial charge in [0.15, 0.2) is 5.02 Å². The Morgan fingerprint density at radius 3 is 2.85 bits per heavy atom. The lowest BCUT2D eigenvalue weighted by Gasteiger charge is -2.02. The summed E-state index contributed by atoms with van der Waals surface area (Å²) in [6.07, 6.45) is 1.39. The molecular formula is C15H13ClFN7O3. The molecule has 1 aromatic carbocycles. The largest absolute Gasteiger partial charge is 0.408 e. The molecular weight excluding hydrogens is 381 g/mol. The van der Waals surface area contributed by atoms with Gasteiger partial charge in [0.2, 0.25) is 5.95 Å². The SMILES string of the molecule is Cc1c(Cl)c([N+](=O)[O-])nn1CC(=O)Nc1ncn(Cc2cccc(F)c2)n1. The molecule has 0 aliphatic rings. The monoisotopic (exact) mass is 393 g/mol. The van der Waals surface area contributed by atoms with Crippen LogP contribution in [-0.4, -0.2) is 35.4 Å². The minimum absolute atomic E-state index is 0.0433. The third-order valence-corrected chi connectivity index (χ3v) is 4.05. The summed E-state index contributed by atoms with van der Waals surface area (Å²) in [7, 11) is 0. The molecule has 0 radical (unpaired) electrons. The van der Waals surface area contributed by atoms with Crippen molar-refractivity contribution in [2.75, 3.05) is 5.32 Å². The zero-order valence-electron chi connectivity index (χ0n) is 14.0. The number of aromatic nitrogens is 5. The van der Waals surface area contributed by atoms with Crippen LogP contribution in [0.1, 0.15) is 11.3 Å². The molecule has 0 unspecified atom stereocenters. The number of carbonyl (C=O) groups is 1. The van der Waals surface area contributed by atoms with Crippen LogP contribution in [-0.2, 0) is 17.9 Å². The zero-order chi connectivity index (χ0) is 19.6. The lowest BCUT2D eigenvalue weighted by molar-refractivity contribution is -0.389. The van der Waals surface area contributed by atoms with Crippen molar-refractivity contribution >= 4 is 29.3 Å². The van der Waals surface area contributed by atoms with Gasteiger partial charge in [0.1, 0.15) is 18.7 Å². The van der Waals surface area contributed by atoms with Crippen molar-refractivity contribution in [2.24, 2.45) is 0 Å². The Morgan fingerprint density at radius 1 is 1.41 bits per heavy atom. The van der Waals surface area contributed by atoms with E-state index in [2.05, 4.69) is 20.5 Å². The van der Waals surface area contributed by atoms with Crippen molar-refractivity contribution in [2.45, 2.75) is 20.0 Å². The predicted octanol–water partition coefficient (Wildman–Crippen LogP) is 2.17. The van der Waals surface area contributed by atoms with Crippen LogP contribution < -0.4 is 5.32 Å². The highest BCUT2D eigenvalue weighted by Crippen LogP contribution is 2.26. The van der Waals surface area contributed by atoms with Gasteiger partial charge in [-0.15, -0.1) is 5.10 Å². The molecule has 3 rings (SSSR count). The summed E-state index contributed by atoms with van der Waals surface area (Å²) in [5, 5.41) is 21.0. The number of nitrogens with one attached hydrogen (secondary N) is 1. The van der Waals surface area contributed by atoms with Crippen LogP contribution in [0.5, 0.6) is 0 Å². The van der Waals surface area contributed by atoms with Crippen LogP contribution in [0.15, 0.2) is 30.6 Å². The van der Waals surface area contributed by atoms with Crippen molar-refractivity contribution in [3.8, 4) is 0 Å². The number of hydrogen-bond donors (Lipinski definition) is 1. The summed E-state index contributed by atoms with van der Waals surface area (Å²) in [4.78, 5) is 26.2. The van der Waals surface area contributed by atoms with Gasteiger partial charge in [0.05, 0.1) is 17.3 Å². The van der Waals surface area contributed by atoms with E-state index in [9.17, 15) is 19.3 Å². The highest BCUT2D eigenvalue weighted by Gasteiger charge is 2.25. The van der Waals surface area contributed by atoms with Crippen molar-refractivity contribution in [1.82, 2.24) is 24.5 Å². The van der Waals surface area contributed by atoms with Gasteiger partial charge >= 0.3 is 5.82 Å². The molecule has 0 aliphatic heterocycles. The van der Waals surface area contributed by atoms with Crippen molar-refractivity contribution in [3.05, 3.63) is 62.8 Å². The van der Waals surface area contributed by atoms with Gasteiger partial charge in [-0.2, -0.15) is 4.68 Å². The van der Waals surface area contributed by atoms with E-state index in [4.69, 9.17) is 11.6 Å². The van der Waals surface area contributed by atoms with Gasteiger partial charge in [0, 0.05) is 0 Å². The first-order valence-electron chi connectivity index (χ1n) is 7.64. The van der Waals surface area contributed by atoms with Crippen LogP contribution >= 0.6 is 11.6 Å². The van der Waals surface area contributed by atoms with Gasteiger partial charge in [-0.1, -0.05) is 23.7 Å². The molecule has 12 heteroatoms. The van der Waals surface area contributed by atoms with Crippen LogP contribution in [0, 0.1) is 22.9 Å². The normalized spacial score (nSPS) is 10.8. The van der Waals surface area contributed by atoms with E-state index < -0.39 is 16.6 Å². The van der Waals surface area contributed by atoms with Crippen LogP contribution in [0.4, 0.5) is 16.2 Å². The minimum Gasteiger partial charge on any atom is -0.358 e. The van der Waals surface area contributed by atoms with Crippen molar-refractivity contribution in [3.63, 3.8) is 0 Å². The Balaban J connectivity index is 1.64. The number of anilines is 1. The summed E-state index contributed by atoms with van der Waals surface area (Å²) in [6, 6.07) is 6.03.